The summed E-state index contributed by atoms with van der Waals surface area (Å²) in [5, 5.41) is 7.98. The molecule has 0 fully saturated rings. The van der Waals surface area contributed by atoms with Gasteiger partial charge in [-0.25, -0.2) is 0 Å². The molecular formula is C16H23N3. The average Bonchev–Trinajstić information content (AvgIpc) is 2.65. The van der Waals surface area contributed by atoms with Gasteiger partial charge in [0.2, 0.25) is 0 Å². The molecule has 1 aromatic heterocycles. The summed E-state index contributed by atoms with van der Waals surface area (Å²) >= 11 is 0. The molecule has 0 radical (unpaired) electrons. The summed E-state index contributed by atoms with van der Waals surface area (Å²) in [6.07, 6.45) is 1.09. The molecular weight excluding hydrogens is 234 g/mol. The van der Waals surface area contributed by atoms with Gasteiger partial charge in [0.15, 0.2) is 0 Å². The van der Waals surface area contributed by atoms with Gasteiger partial charge < -0.3 is 5.32 Å². The topological polar surface area (TPSA) is 29.9 Å². The van der Waals surface area contributed by atoms with Crippen molar-refractivity contribution in [1.82, 2.24) is 15.1 Å². The minimum absolute atomic E-state index is 0.879. The first-order valence-corrected chi connectivity index (χ1v) is 6.90. The second kappa shape index (κ2) is 6.02. The summed E-state index contributed by atoms with van der Waals surface area (Å²) in [7, 11) is 2.00. The summed E-state index contributed by atoms with van der Waals surface area (Å²) < 4.78 is 1.95. The van der Waals surface area contributed by atoms with E-state index in [1.165, 1.54) is 22.4 Å². The van der Waals surface area contributed by atoms with Crippen molar-refractivity contribution in [3.63, 3.8) is 0 Å². The Kier molecular flexibility index (Phi) is 4.38. The van der Waals surface area contributed by atoms with Crippen LogP contribution in [0.4, 0.5) is 0 Å². The van der Waals surface area contributed by atoms with Crippen LogP contribution in [-0.4, -0.2) is 9.78 Å². The maximum absolute atomic E-state index is 4.45. The van der Waals surface area contributed by atoms with Crippen molar-refractivity contribution in [3.05, 3.63) is 52.3 Å². The molecule has 2 rings (SSSR count). The lowest BCUT2D eigenvalue weighted by atomic mass is 10.1. The molecule has 0 aliphatic rings. The van der Waals surface area contributed by atoms with Crippen LogP contribution in [0.2, 0.25) is 0 Å². The minimum atomic E-state index is 0.879. The van der Waals surface area contributed by atoms with Gasteiger partial charge in [0.1, 0.15) is 0 Å². The fraction of sp³-hybridized carbons (Fsp3) is 0.438. The Morgan fingerprint density at radius 3 is 2.37 bits per heavy atom. The molecule has 0 saturated carbocycles. The summed E-state index contributed by atoms with van der Waals surface area (Å²) in [4.78, 5) is 0. The van der Waals surface area contributed by atoms with Crippen molar-refractivity contribution < 1.29 is 0 Å². The van der Waals surface area contributed by atoms with Crippen molar-refractivity contribution in [2.75, 3.05) is 0 Å². The van der Waals surface area contributed by atoms with E-state index in [0.717, 1.165) is 25.2 Å². The van der Waals surface area contributed by atoms with Gasteiger partial charge in [-0.3, -0.25) is 4.68 Å². The quantitative estimate of drug-likeness (QED) is 0.892. The fourth-order valence-electron chi connectivity index (χ4n) is 2.47. The predicted octanol–water partition coefficient (Wildman–Crippen LogP) is 2.89. The van der Waals surface area contributed by atoms with Crippen LogP contribution in [-0.2, 0) is 26.6 Å². The normalized spacial score (nSPS) is 10.9. The third-order valence-electron chi connectivity index (χ3n) is 3.78. The molecule has 3 heteroatoms. The largest absolute Gasteiger partial charge is 0.308 e. The number of aromatic nitrogens is 2. The lowest BCUT2D eigenvalue weighted by molar-refractivity contribution is 0.680. The Bertz CT molecular complexity index is 555. The zero-order valence-electron chi connectivity index (χ0n) is 12.3. The van der Waals surface area contributed by atoms with Gasteiger partial charge in [-0.15, -0.1) is 0 Å². The third-order valence-corrected chi connectivity index (χ3v) is 3.78. The molecule has 0 bridgehead atoms. The van der Waals surface area contributed by atoms with Gasteiger partial charge in [0.05, 0.1) is 5.69 Å². The van der Waals surface area contributed by atoms with Gasteiger partial charge >= 0.3 is 0 Å². The Balaban J connectivity index is 2.00. The van der Waals surface area contributed by atoms with Gasteiger partial charge in [0.25, 0.3) is 0 Å². The Hall–Kier alpha value is -1.61. The van der Waals surface area contributed by atoms with Crippen LogP contribution in [0, 0.1) is 13.8 Å². The highest BCUT2D eigenvalue weighted by Crippen LogP contribution is 2.13. The number of hydrogen-bond acceptors (Lipinski definition) is 2. The molecule has 0 unspecified atom stereocenters. The zero-order chi connectivity index (χ0) is 13.8. The van der Waals surface area contributed by atoms with E-state index in [4.69, 9.17) is 0 Å². The van der Waals surface area contributed by atoms with Crippen LogP contribution >= 0.6 is 0 Å². The number of nitrogens with zero attached hydrogens (tertiary/aromatic N) is 2. The van der Waals surface area contributed by atoms with Crippen LogP contribution in [0.3, 0.4) is 0 Å². The van der Waals surface area contributed by atoms with Gasteiger partial charge in [-0.2, -0.15) is 5.10 Å². The van der Waals surface area contributed by atoms with Crippen molar-refractivity contribution in [2.24, 2.45) is 7.05 Å². The molecule has 0 spiro atoms. The van der Waals surface area contributed by atoms with E-state index in [2.05, 4.69) is 55.5 Å². The van der Waals surface area contributed by atoms with Crippen molar-refractivity contribution >= 4 is 0 Å². The van der Waals surface area contributed by atoms with E-state index in [1.807, 2.05) is 11.7 Å². The minimum Gasteiger partial charge on any atom is -0.308 e. The number of nitrogens with one attached hydrogen (secondary N) is 1. The smallest absolute Gasteiger partial charge is 0.0641 e. The molecule has 3 nitrogen and oxygen atoms in total. The Morgan fingerprint density at radius 2 is 1.79 bits per heavy atom. The molecule has 0 aliphatic carbocycles. The van der Waals surface area contributed by atoms with E-state index in [-0.39, 0.29) is 0 Å². The molecule has 0 aliphatic heterocycles. The third kappa shape index (κ3) is 3.04. The van der Waals surface area contributed by atoms with E-state index in [1.54, 1.807) is 0 Å². The van der Waals surface area contributed by atoms with E-state index < -0.39 is 0 Å². The summed E-state index contributed by atoms with van der Waals surface area (Å²) in [6.45, 7) is 8.19. The van der Waals surface area contributed by atoms with Crippen LogP contribution in [0.5, 0.6) is 0 Å². The van der Waals surface area contributed by atoms with Crippen molar-refractivity contribution in [2.45, 2.75) is 40.3 Å². The predicted molar refractivity (Wildman–Crippen MR) is 79.0 cm³/mol. The van der Waals surface area contributed by atoms with Gasteiger partial charge in [-0.05, 0) is 31.4 Å². The second-order valence-corrected chi connectivity index (χ2v) is 5.00. The van der Waals surface area contributed by atoms with Crippen LogP contribution in [0.15, 0.2) is 24.3 Å². The van der Waals surface area contributed by atoms with Crippen LogP contribution in [0.1, 0.15) is 35.0 Å². The molecule has 0 amide bonds. The average molecular weight is 257 g/mol. The molecule has 0 atom stereocenters. The molecule has 1 N–H and O–H groups in total. The zero-order valence-corrected chi connectivity index (χ0v) is 12.3. The Labute approximate surface area is 115 Å². The molecule has 102 valence electrons. The van der Waals surface area contributed by atoms with E-state index >= 15 is 0 Å². The summed E-state index contributed by atoms with van der Waals surface area (Å²) in [5.41, 5.74) is 6.50. The fourth-order valence-corrected chi connectivity index (χ4v) is 2.47. The number of aryl methyl sites for hydroxylation is 3. The highest BCUT2D eigenvalue weighted by molar-refractivity contribution is 5.28. The monoisotopic (exact) mass is 257 g/mol. The number of rotatable bonds is 5. The first-order chi connectivity index (χ1) is 9.13. The Morgan fingerprint density at radius 1 is 1.11 bits per heavy atom. The second-order valence-electron chi connectivity index (χ2n) is 5.00. The maximum atomic E-state index is 4.45. The van der Waals surface area contributed by atoms with E-state index in [0.29, 0.717) is 0 Å². The number of hydrogen-bond donors (Lipinski definition) is 1. The lowest BCUT2D eigenvalue weighted by Crippen LogP contribution is -2.15. The van der Waals surface area contributed by atoms with E-state index in [9.17, 15) is 0 Å². The summed E-state index contributed by atoms with van der Waals surface area (Å²) in [6, 6.07) is 8.63. The molecule has 1 aromatic carbocycles. The van der Waals surface area contributed by atoms with Gasteiger partial charge in [-0.1, -0.05) is 31.2 Å². The first kappa shape index (κ1) is 13.8. The molecule has 0 saturated heterocycles. The lowest BCUT2D eigenvalue weighted by Gasteiger charge is -2.09. The SMILES string of the molecule is CCc1ccccc1CNCc1c(C)nn(C)c1C. The van der Waals surface area contributed by atoms with Crippen LogP contribution < -0.4 is 5.32 Å². The standard InChI is InChI=1S/C16H23N3/c1-5-14-8-6-7-9-15(14)10-17-11-16-12(2)18-19(4)13(16)3/h6-9,17H,5,10-11H2,1-4H3. The first-order valence-electron chi connectivity index (χ1n) is 6.90. The van der Waals surface area contributed by atoms with Crippen molar-refractivity contribution in [1.29, 1.82) is 0 Å². The van der Waals surface area contributed by atoms with Crippen molar-refractivity contribution in [3.8, 4) is 0 Å². The maximum Gasteiger partial charge on any atom is 0.0641 e. The summed E-state index contributed by atoms with van der Waals surface area (Å²) in [5.74, 6) is 0. The van der Waals surface area contributed by atoms with Gasteiger partial charge in [0, 0.05) is 31.4 Å². The van der Waals surface area contributed by atoms with Crippen LogP contribution in [0.25, 0.3) is 0 Å². The number of benzene rings is 1. The highest BCUT2D eigenvalue weighted by Gasteiger charge is 2.08. The molecule has 19 heavy (non-hydrogen) atoms. The highest BCUT2D eigenvalue weighted by atomic mass is 15.3. The molecule has 2 aromatic rings. The molecule has 1 heterocycles.